The van der Waals surface area contributed by atoms with Crippen LogP contribution in [0.25, 0.3) is 10.2 Å². The molecule has 0 radical (unpaired) electrons. The van der Waals surface area contributed by atoms with Crippen molar-refractivity contribution in [2.45, 2.75) is 63.7 Å². The third kappa shape index (κ3) is 5.29. The van der Waals surface area contributed by atoms with E-state index in [1.807, 2.05) is 29.5 Å². The molecule has 40 heavy (non-hydrogen) atoms. The number of hydrogen-bond donors (Lipinski definition) is 0. The maximum atomic E-state index is 13.5. The standard InChI is InChI=1S/C32H38N4O2S2/c1-22-10-15-26-27(20-22)39-31-29(26)30(33-28(34-31)21-23-8-6-5-7-9-23)35-16-18-36(19-17-35)40(37,38)25-13-11-24(12-14-25)32(2,3)4/h5-9,11-14,22H,10,15-21H2,1-4H3. The minimum Gasteiger partial charge on any atom is -0.353 e. The van der Waals surface area contributed by atoms with Crippen molar-refractivity contribution in [2.75, 3.05) is 31.1 Å². The summed E-state index contributed by atoms with van der Waals surface area (Å²) in [4.78, 5) is 15.4. The fraction of sp³-hybridized carbons (Fsp3) is 0.438. The van der Waals surface area contributed by atoms with E-state index in [0.29, 0.717) is 43.4 Å². The Morgan fingerprint density at radius 3 is 2.33 bits per heavy atom. The molecular weight excluding hydrogens is 537 g/mol. The normalized spacial score (nSPS) is 18.7. The van der Waals surface area contributed by atoms with Crippen molar-refractivity contribution in [2.24, 2.45) is 5.92 Å². The number of aromatic nitrogens is 2. The molecular formula is C32H38N4O2S2. The Morgan fingerprint density at radius 2 is 1.65 bits per heavy atom. The zero-order valence-electron chi connectivity index (χ0n) is 23.9. The Balaban J connectivity index is 1.29. The second-order valence-corrected chi connectivity index (χ2v) is 15.3. The Morgan fingerprint density at radius 1 is 0.950 bits per heavy atom. The van der Waals surface area contributed by atoms with Crippen LogP contribution in [0.4, 0.5) is 5.82 Å². The van der Waals surface area contributed by atoms with Gasteiger partial charge in [0.15, 0.2) is 0 Å². The first kappa shape index (κ1) is 27.4. The monoisotopic (exact) mass is 574 g/mol. The quantitative estimate of drug-likeness (QED) is 0.283. The summed E-state index contributed by atoms with van der Waals surface area (Å²) < 4.78 is 28.7. The first-order chi connectivity index (χ1) is 19.1. The van der Waals surface area contributed by atoms with E-state index >= 15 is 0 Å². The summed E-state index contributed by atoms with van der Waals surface area (Å²) in [6, 6.07) is 17.8. The SMILES string of the molecule is CC1CCc2c(sc3nc(Cc4ccccc4)nc(N4CCN(S(=O)(=O)c5ccc(C(C)(C)C)cc5)CC4)c23)C1. The van der Waals surface area contributed by atoms with Gasteiger partial charge in [0.2, 0.25) is 10.0 Å². The molecule has 0 spiro atoms. The van der Waals surface area contributed by atoms with Gasteiger partial charge in [-0.3, -0.25) is 0 Å². The summed E-state index contributed by atoms with van der Waals surface area (Å²) in [5.74, 6) is 2.50. The Bertz CT molecular complexity index is 1620. The first-order valence-electron chi connectivity index (χ1n) is 14.3. The largest absolute Gasteiger partial charge is 0.353 e. The van der Waals surface area contributed by atoms with Gasteiger partial charge < -0.3 is 4.90 Å². The lowest BCUT2D eigenvalue weighted by Gasteiger charge is -2.35. The zero-order valence-corrected chi connectivity index (χ0v) is 25.5. The lowest BCUT2D eigenvalue weighted by Crippen LogP contribution is -2.49. The smallest absolute Gasteiger partial charge is 0.243 e. The van der Waals surface area contributed by atoms with Gasteiger partial charge in [-0.25, -0.2) is 18.4 Å². The average molecular weight is 575 g/mol. The number of sulfonamides is 1. The van der Waals surface area contributed by atoms with E-state index in [0.717, 1.165) is 34.9 Å². The molecule has 0 amide bonds. The van der Waals surface area contributed by atoms with E-state index in [4.69, 9.17) is 9.97 Å². The lowest BCUT2D eigenvalue weighted by molar-refractivity contribution is 0.384. The lowest BCUT2D eigenvalue weighted by atomic mass is 9.87. The molecule has 0 N–H and O–H groups in total. The Hall–Kier alpha value is -2.81. The highest BCUT2D eigenvalue weighted by Crippen LogP contribution is 2.41. The molecule has 1 saturated heterocycles. The van der Waals surface area contributed by atoms with Crippen molar-refractivity contribution >= 4 is 37.4 Å². The van der Waals surface area contributed by atoms with Gasteiger partial charge in [-0.1, -0.05) is 70.2 Å². The molecule has 1 aliphatic carbocycles. The Kier molecular flexibility index (Phi) is 7.21. The maximum absolute atomic E-state index is 13.5. The molecule has 3 heterocycles. The highest BCUT2D eigenvalue weighted by Gasteiger charge is 2.32. The number of nitrogens with zero attached hydrogens (tertiary/aromatic N) is 4. The molecule has 1 atom stereocenters. The fourth-order valence-electron chi connectivity index (χ4n) is 5.87. The molecule has 2 aromatic heterocycles. The van der Waals surface area contributed by atoms with Gasteiger partial charge in [0.25, 0.3) is 0 Å². The Labute approximate surface area is 242 Å². The van der Waals surface area contributed by atoms with Crippen LogP contribution in [0.5, 0.6) is 0 Å². The molecule has 1 fully saturated rings. The summed E-state index contributed by atoms with van der Waals surface area (Å²) in [5, 5.41) is 1.19. The van der Waals surface area contributed by atoms with Gasteiger partial charge in [-0.2, -0.15) is 4.31 Å². The van der Waals surface area contributed by atoms with Crippen LogP contribution in [0.2, 0.25) is 0 Å². The summed E-state index contributed by atoms with van der Waals surface area (Å²) in [6.45, 7) is 10.8. The van der Waals surface area contributed by atoms with Crippen LogP contribution in [-0.2, 0) is 34.7 Å². The molecule has 1 aliphatic heterocycles. The van der Waals surface area contributed by atoms with Crippen molar-refractivity contribution < 1.29 is 8.42 Å². The number of anilines is 1. The van der Waals surface area contributed by atoms with Crippen LogP contribution in [-0.4, -0.2) is 48.9 Å². The molecule has 2 aromatic carbocycles. The maximum Gasteiger partial charge on any atom is 0.243 e. The molecule has 1 unspecified atom stereocenters. The third-order valence-corrected chi connectivity index (χ3v) is 11.3. The van der Waals surface area contributed by atoms with Crippen LogP contribution in [0.15, 0.2) is 59.5 Å². The van der Waals surface area contributed by atoms with E-state index < -0.39 is 10.0 Å². The summed E-state index contributed by atoms with van der Waals surface area (Å²) in [6.07, 6.45) is 4.03. The van der Waals surface area contributed by atoms with E-state index in [-0.39, 0.29) is 5.41 Å². The summed E-state index contributed by atoms with van der Waals surface area (Å²) in [5.41, 5.74) is 3.71. The number of rotatable bonds is 5. The van der Waals surface area contributed by atoms with E-state index in [9.17, 15) is 8.42 Å². The van der Waals surface area contributed by atoms with Crippen molar-refractivity contribution in [3.63, 3.8) is 0 Å². The second kappa shape index (κ2) is 10.5. The third-order valence-electron chi connectivity index (χ3n) is 8.28. The van der Waals surface area contributed by atoms with Gasteiger partial charge in [0, 0.05) is 37.5 Å². The van der Waals surface area contributed by atoms with Gasteiger partial charge >= 0.3 is 0 Å². The predicted octanol–water partition coefficient (Wildman–Crippen LogP) is 6.22. The number of aryl methyl sites for hydroxylation is 1. The van der Waals surface area contributed by atoms with Gasteiger partial charge in [-0.05, 0) is 59.4 Å². The number of piperazine rings is 1. The first-order valence-corrected chi connectivity index (χ1v) is 16.6. The van der Waals surface area contributed by atoms with Crippen LogP contribution in [0.1, 0.15) is 61.5 Å². The van der Waals surface area contributed by atoms with Crippen molar-refractivity contribution in [3.05, 3.63) is 82.0 Å². The number of hydrogen-bond acceptors (Lipinski definition) is 6. The van der Waals surface area contributed by atoms with E-state index in [1.165, 1.54) is 27.8 Å². The van der Waals surface area contributed by atoms with Gasteiger partial charge in [0.05, 0.1) is 10.3 Å². The average Bonchev–Trinajstić information content (AvgIpc) is 3.30. The van der Waals surface area contributed by atoms with Crippen molar-refractivity contribution in [1.29, 1.82) is 0 Å². The topological polar surface area (TPSA) is 66.4 Å². The minimum atomic E-state index is -3.55. The van der Waals surface area contributed by atoms with E-state index in [2.05, 4.69) is 56.9 Å². The molecule has 0 bridgehead atoms. The van der Waals surface area contributed by atoms with E-state index in [1.54, 1.807) is 16.4 Å². The van der Waals surface area contributed by atoms with Crippen LogP contribution in [0.3, 0.4) is 0 Å². The van der Waals surface area contributed by atoms with Crippen LogP contribution >= 0.6 is 11.3 Å². The fourth-order valence-corrected chi connectivity index (χ4v) is 8.69. The summed E-state index contributed by atoms with van der Waals surface area (Å²) in [7, 11) is -3.55. The number of fused-ring (bicyclic) bond motifs is 3. The van der Waals surface area contributed by atoms with Crippen LogP contribution < -0.4 is 4.90 Å². The molecule has 0 saturated carbocycles. The molecule has 2 aliphatic rings. The molecule has 8 heteroatoms. The van der Waals surface area contributed by atoms with Crippen molar-refractivity contribution in [1.82, 2.24) is 14.3 Å². The number of benzene rings is 2. The molecule has 4 aromatic rings. The van der Waals surface area contributed by atoms with Crippen LogP contribution in [0, 0.1) is 5.92 Å². The van der Waals surface area contributed by atoms with Gasteiger partial charge in [0.1, 0.15) is 16.5 Å². The molecule has 6 rings (SSSR count). The molecule has 210 valence electrons. The summed E-state index contributed by atoms with van der Waals surface area (Å²) >= 11 is 1.83. The number of thiophene rings is 1. The zero-order chi connectivity index (χ0) is 28.1. The highest BCUT2D eigenvalue weighted by molar-refractivity contribution is 7.89. The molecule has 6 nitrogen and oxygen atoms in total. The highest BCUT2D eigenvalue weighted by atomic mass is 32.2. The second-order valence-electron chi connectivity index (χ2n) is 12.3. The minimum absolute atomic E-state index is 0.0188. The van der Waals surface area contributed by atoms with Crippen molar-refractivity contribution in [3.8, 4) is 0 Å². The predicted molar refractivity (Wildman–Crippen MR) is 164 cm³/mol. The van der Waals surface area contributed by atoms with Gasteiger partial charge in [-0.15, -0.1) is 11.3 Å².